The van der Waals surface area contributed by atoms with Gasteiger partial charge >= 0.3 is 0 Å². The fourth-order valence-electron chi connectivity index (χ4n) is 15.9. The van der Waals surface area contributed by atoms with Crippen molar-refractivity contribution in [2.24, 2.45) is 0 Å². The summed E-state index contributed by atoms with van der Waals surface area (Å²) in [4.78, 5) is 24.5. The fourth-order valence-corrected chi connectivity index (χ4v) is 29.9. The second-order valence-corrected chi connectivity index (χ2v) is 42.8. The molecule has 0 spiro atoms. The standard InChI is InChI=1S/C108H84O12S12/c1-109-61-13-37-73(38-14-61)121-97-91-85-86-88-90-89-87(85)93(101(125-77-45-21-65(113-5)22-46-77)99(91)123-75-41-17-63(111-3)18-42-75)103(127-79-49-25-67(115-7)26-50-79)105(129-81-53-29-69(117-9)30-54-81)95(89)106(130-82-55-31-70(118-10)32-56-82)108(132-84-59-35-72(120-12)36-60-84)96(90)107(131-83-57-33-71(119-11)34-58-83)104(128-80-51-27-68(116-8)28-52-80)94(88)102(126-78-47-23-66(114-6)24-48-78)100(124-76-43-19-64(112-4)20-44-76)92(86)98(97)122-74-39-15-62(110-2)16-40-74/h13-60H,1-12H3. The average Bonchev–Trinajstić information content (AvgIpc) is 0.648. The zero-order chi connectivity index (χ0) is 90.6. The summed E-state index contributed by atoms with van der Waals surface area (Å²) in [6, 6.07) is 103. The van der Waals surface area contributed by atoms with E-state index in [0.29, 0.717) is 0 Å². The monoisotopic (exact) mass is 1960 g/mol. The maximum absolute atomic E-state index is 6.06. The Bertz CT molecular complexity index is 5770. The molecule has 24 heteroatoms. The van der Waals surface area contributed by atoms with Crippen LogP contribution in [0.25, 0.3) is 64.6 Å². The summed E-state index contributed by atoms with van der Waals surface area (Å²) < 4.78 is 72.8. The molecule has 19 aromatic carbocycles. The first-order valence-corrected chi connectivity index (χ1v) is 51.4. The summed E-state index contributed by atoms with van der Waals surface area (Å²) in [7, 11) is 20.7. The van der Waals surface area contributed by atoms with Crippen molar-refractivity contribution >= 4 is 206 Å². The van der Waals surface area contributed by atoms with Crippen LogP contribution in [0, 0.1) is 0 Å². The van der Waals surface area contributed by atoms with E-state index in [-0.39, 0.29) is 0 Å². The van der Waals surface area contributed by atoms with Crippen molar-refractivity contribution in [1.82, 2.24) is 0 Å². The molecular formula is C108H84O12S12. The molecule has 0 atom stereocenters. The molecule has 0 saturated heterocycles. The van der Waals surface area contributed by atoms with Crippen LogP contribution >= 0.6 is 141 Å². The van der Waals surface area contributed by atoms with E-state index in [4.69, 9.17) is 56.8 Å². The molecule has 0 aliphatic carbocycles. The molecule has 0 heterocycles. The molecule has 0 aliphatic heterocycles. The van der Waals surface area contributed by atoms with Gasteiger partial charge in [0, 0.05) is 182 Å². The Balaban J connectivity index is 1.18. The first kappa shape index (κ1) is 90.5. The summed E-state index contributed by atoms with van der Waals surface area (Å²) in [5.74, 6) is 8.87. The van der Waals surface area contributed by atoms with Gasteiger partial charge in [0.25, 0.3) is 0 Å². The summed E-state index contributed by atoms with van der Waals surface area (Å²) >= 11 is 21.4. The molecule has 12 nitrogen and oxygen atoms in total. The van der Waals surface area contributed by atoms with Gasteiger partial charge < -0.3 is 56.8 Å². The molecule has 0 aromatic heterocycles. The van der Waals surface area contributed by atoms with Crippen molar-refractivity contribution < 1.29 is 56.8 Å². The number of hydrogen-bond donors (Lipinski definition) is 0. The molecule has 132 heavy (non-hydrogen) atoms. The van der Waals surface area contributed by atoms with E-state index >= 15 is 0 Å². The van der Waals surface area contributed by atoms with Gasteiger partial charge in [0.05, 0.1) is 85.3 Å². The van der Waals surface area contributed by atoms with Gasteiger partial charge in [-0.2, -0.15) is 0 Å². The lowest BCUT2D eigenvalue weighted by atomic mass is 9.82. The van der Waals surface area contributed by atoms with Crippen LogP contribution in [0.15, 0.2) is 409 Å². The van der Waals surface area contributed by atoms with Crippen LogP contribution in [0.5, 0.6) is 69.0 Å². The van der Waals surface area contributed by atoms with Crippen LogP contribution in [0.2, 0.25) is 0 Å². The second-order valence-electron chi connectivity index (χ2n) is 29.8. The third-order valence-electron chi connectivity index (χ3n) is 22.3. The lowest BCUT2D eigenvalue weighted by molar-refractivity contribution is 0.414. The lowest BCUT2D eigenvalue weighted by Gasteiger charge is -2.34. The van der Waals surface area contributed by atoms with Gasteiger partial charge in [-0.1, -0.05) is 141 Å². The number of ether oxygens (including phenoxy) is 12. The smallest absolute Gasteiger partial charge is 0.118 e. The van der Waals surface area contributed by atoms with E-state index in [2.05, 4.69) is 291 Å². The minimum Gasteiger partial charge on any atom is -0.497 e. The third-order valence-corrected chi connectivity index (χ3v) is 36.5. The van der Waals surface area contributed by atoms with Gasteiger partial charge in [0.1, 0.15) is 69.0 Å². The molecule has 19 rings (SSSR count). The largest absolute Gasteiger partial charge is 0.497 e. The Kier molecular flexibility index (Phi) is 27.9. The van der Waals surface area contributed by atoms with Crippen molar-refractivity contribution in [3.05, 3.63) is 291 Å². The van der Waals surface area contributed by atoms with Gasteiger partial charge in [-0.05, 0) is 291 Å². The van der Waals surface area contributed by atoms with Crippen molar-refractivity contribution in [2.75, 3.05) is 85.3 Å². The summed E-state index contributed by atoms with van der Waals surface area (Å²) in [5.41, 5.74) is 0. The van der Waals surface area contributed by atoms with Crippen LogP contribution in [0.3, 0.4) is 0 Å². The maximum atomic E-state index is 6.06. The molecule has 0 amide bonds. The average molecular weight is 1960 g/mol. The third kappa shape index (κ3) is 18.4. The zero-order valence-electron chi connectivity index (χ0n) is 73.5. The van der Waals surface area contributed by atoms with E-state index in [1.165, 1.54) is 0 Å². The van der Waals surface area contributed by atoms with Crippen molar-refractivity contribution in [1.29, 1.82) is 0 Å². The Morgan fingerprint density at radius 3 is 0.227 bits per heavy atom. The molecule has 0 fully saturated rings. The molecule has 0 unspecified atom stereocenters. The molecule has 0 aliphatic rings. The van der Waals surface area contributed by atoms with Crippen molar-refractivity contribution in [3.63, 3.8) is 0 Å². The summed E-state index contributed by atoms with van der Waals surface area (Å²) in [5, 5.41) is 13.0. The van der Waals surface area contributed by atoms with Crippen LogP contribution in [0.4, 0.5) is 0 Å². The van der Waals surface area contributed by atoms with Crippen molar-refractivity contribution in [2.45, 2.75) is 117 Å². The van der Waals surface area contributed by atoms with Crippen LogP contribution in [-0.4, -0.2) is 85.3 Å². The SMILES string of the molecule is COc1ccc(Sc2c(Sc3ccc(OC)cc3)c3c(Sc4ccc(OC)cc4)c(Sc4ccc(OC)cc4)c4c(Sc5ccc(OC)cc5)c(Sc5ccc(OC)cc5)c5c(Sc6ccc(OC)cc6)c(Sc6ccc(OC)cc6)c6c(Sc7ccc(OC)cc7)c(Sc7ccc(OC)cc7)c7c(Sc8ccc(OC)cc8)c(Sc8ccc(OC)cc8)c2c2c3c4c5c6c72)cc1. The van der Waals surface area contributed by atoms with Crippen LogP contribution < -0.4 is 56.8 Å². The van der Waals surface area contributed by atoms with Crippen LogP contribution in [-0.2, 0) is 0 Å². The Morgan fingerprint density at radius 2 is 0.167 bits per heavy atom. The normalized spacial score (nSPS) is 11.5. The van der Waals surface area contributed by atoms with E-state index < -0.39 is 0 Å². The first-order chi connectivity index (χ1) is 64.8. The van der Waals surface area contributed by atoms with E-state index in [1.807, 2.05) is 0 Å². The highest BCUT2D eigenvalue weighted by molar-refractivity contribution is 8.06. The van der Waals surface area contributed by atoms with Crippen LogP contribution in [0.1, 0.15) is 0 Å². The fraction of sp³-hybridized carbons (Fsp3) is 0.111. The summed E-state index contributed by atoms with van der Waals surface area (Å²) in [6.07, 6.45) is 0. The molecule has 0 saturated carbocycles. The zero-order valence-corrected chi connectivity index (χ0v) is 83.3. The molecule has 0 bridgehead atoms. The second kappa shape index (κ2) is 40.6. The van der Waals surface area contributed by atoms with Gasteiger partial charge in [0.2, 0.25) is 0 Å². The van der Waals surface area contributed by atoms with Gasteiger partial charge in [-0.3, -0.25) is 0 Å². The maximum Gasteiger partial charge on any atom is 0.118 e. The number of hydrogen-bond acceptors (Lipinski definition) is 24. The highest BCUT2D eigenvalue weighted by Gasteiger charge is 2.40. The number of rotatable bonds is 36. The van der Waals surface area contributed by atoms with Gasteiger partial charge in [0.15, 0.2) is 0 Å². The first-order valence-electron chi connectivity index (χ1n) is 41.6. The van der Waals surface area contributed by atoms with Gasteiger partial charge in [-0.15, -0.1) is 0 Å². The molecule has 660 valence electrons. The predicted octanol–water partition coefficient (Wildman–Crippen LogP) is 32.8. The Hall–Kier alpha value is -10.7. The number of methoxy groups -OCH3 is 12. The Morgan fingerprint density at radius 1 is 0.0985 bits per heavy atom. The van der Waals surface area contributed by atoms with E-state index in [9.17, 15) is 0 Å². The highest BCUT2D eigenvalue weighted by Crippen LogP contribution is 2.70. The lowest BCUT2D eigenvalue weighted by Crippen LogP contribution is -2.05. The molecule has 19 aromatic rings. The highest BCUT2D eigenvalue weighted by atomic mass is 32.2. The number of benzene rings is 19. The quantitative estimate of drug-likeness (QED) is 0.0274. The van der Waals surface area contributed by atoms with E-state index in [1.54, 1.807) is 226 Å². The minimum absolute atomic E-state index is 0.739. The predicted molar refractivity (Wildman–Crippen MR) is 550 cm³/mol. The molecule has 0 N–H and O–H groups in total. The van der Waals surface area contributed by atoms with E-state index in [0.717, 1.165) is 251 Å². The van der Waals surface area contributed by atoms with Crippen molar-refractivity contribution in [3.8, 4) is 69.0 Å². The Labute approximate surface area is 817 Å². The minimum atomic E-state index is 0.739. The molecular weight excluding hydrogens is 1870 g/mol. The molecule has 0 radical (unpaired) electrons. The summed E-state index contributed by atoms with van der Waals surface area (Å²) in [6.45, 7) is 0. The van der Waals surface area contributed by atoms with Gasteiger partial charge in [-0.25, -0.2) is 0 Å². The topological polar surface area (TPSA) is 111 Å².